The molecule has 9 heteroatoms. The second-order valence-corrected chi connectivity index (χ2v) is 7.86. The average molecular weight is 474 g/mol. The molecule has 0 amide bonds. The number of benzene rings is 2. The summed E-state index contributed by atoms with van der Waals surface area (Å²) in [6, 6.07) is 11.2. The lowest BCUT2D eigenvalue weighted by molar-refractivity contribution is 0.324. The van der Waals surface area contributed by atoms with Crippen molar-refractivity contribution < 1.29 is 14.2 Å². The molecule has 0 saturated carbocycles. The van der Waals surface area contributed by atoms with Crippen LogP contribution in [0, 0.1) is 0 Å². The van der Waals surface area contributed by atoms with Gasteiger partial charge in [-0.25, -0.2) is 4.40 Å². The number of ether oxygens (including phenoxy) is 3. The standard InChI is InChI=1S/C20H16BrN3O4S/c1-26-14-8-12(9-15(27-2)17(14)28-3)18-22-23-20-24(18)19(25)16(29-20)10-11-6-4-5-7-13(11)21/h4-10H,1-3H3. The number of hydrogen-bond donors (Lipinski definition) is 0. The first-order valence-corrected chi connectivity index (χ1v) is 10.1. The zero-order valence-electron chi connectivity index (χ0n) is 15.8. The van der Waals surface area contributed by atoms with Gasteiger partial charge in [-0.3, -0.25) is 4.79 Å². The van der Waals surface area contributed by atoms with E-state index in [1.54, 1.807) is 12.1 Å². The van der Waals surface area contributed by atoms with Crippen LogP contribution in [0.25, 0.3) is 22.4 Å². The molecule has 2 heterocycles. The molecular formula is C20H16BrN3O4S. The lowest BCUT2D eigenvalue weighted by Crippen LogP contribution is -2.23. The Bertz CT molecular complexity index is 1290. The Morgan fingerprint density at radius 3 is 2.34 bits per heavy atom. The van der Waals surface area contributed by atoms with Gasteiger partial charge < -0.3 is 14.2 Å². The molecule has 0 N–H and O–H groups in total. The Balaban J connectivity index is 1.93. The van der Waals surface area contributed by atoms with Crippen LogP contribution in [0.3, 0.4) is 0 Å². The smallest absolute Gasteiger partial charge is 0.276 e. The molecule has 4 aromatic rings. The highest BCUT2D eigenvalue weighted by Gasteiger charge is 2.19. The minimum absolute atomic E-state index is 0.186. The Labute approximate surface area is 178 Å². The monoisotopic (exact) mass is 473 g/mol. The highest BCUT2D eigenvalue weighted by Crippen LogP contribution is 2.40. The van der Waals surface area contributed by atoms with E-state index in [0.29, 0.717) is 38.1 Å². The molecule has 7 nitrogen and oxygen atoms in total. The van der Waals surface area contributed by atoms with Crippen molar-refractivity contribution in [2.24, 2.45) is 0 Å². The highest BCUT2D eigenvalue weighted by molar-refractivity contribution is 9.10. The first kappa shape index (κ1) is 19.4. The van der Waals surface area contributed by atoms with Crippen LogP contribution >= 0.6 is 27.3 Å². The predicted octanol–water partition coefficient (Wildman–Crippen LogP) is 3.15. The molecule has 0 unspecified atom stereocenters. The number of aromatic nitrogens is 3. The summed E-state index contributed by atoms with van der Waals surface area (Å²) in [7, 11) is 4.61. The van der Waals surface area contributed by atoms with Gasteiger partial charge in [0.05, 0.1) is 25.9 Å². The van der Waals surface area contributed by atoms with Gasteiger partial charge in [-0.2, -0.15) is 0 Å². The fourth-order valence-corrected chi connectivity index (χ4v) is 4.30. The molecule has 0 aliphatic heterocycles. The van der Waals surface area contributed by atoms with Crippen molar-refractivity contribution in [3.63, 3.8) is 0 Å². The molecule has 148 valence electrons. The van der Waals surface area contributed by atoms with E-state index in [2.05, 4.69) is 26.1 Å². The van der Waals surface area contributed by atoms with Crippen LogP contribution in [0.2, 0.25) is 0 Å². The van der Waals surface area contributed by atoms with Gasteiger partial charge in [-0.1, -0.05) is 45.5 Å². The number of nitrogens with zero attached hydrogens (tertiary/aromatic N) is 3. The quantitative estimate of drug-likeness (QED) is 0.443. The number of hydrogen-bond acceptors (Lipinski definition) is 7. The number of halogens is 1. The van der Waals surface area contributed by atoms with Crippen molar-refractivity contribution in [1.82, 2.24) is 14.6 Å². The Kier molecular flexibility index (Phi) is 5.25. The van der Waals surface area contributed by atoms with E-state index in [0.717, 1.165) is 10.0 Å². The number of thiazole rings is 1. The summed E-state index contributed by atoms with van der Waals surface area (Å²) in [5, 5.41) is 8.39. The van der Waals surface area contributed by atoms with E-state index >= 15 is 0 Å². The predicted molar refractivity (Wildman–Crippen MR) is 115 cm³/mol. The van der Waals surface area contributed by atoms with Crippen LogP contribution in [0.4, 0.5) is 0 Å². The Morgan fingerprint density at radius 2 is 1.72 bits per heavy atom. The van der Waals surface area contributed by atoms with Gasteiger partial charge in [-0.15, -0.1) is 10.2 Å². The molecule has 0 saturated heterocycles. The van der Waals surface area contributed by atoms with E-state index in [4.69, 9.17) is 14.2 Å². The molecule has 0 atom stereocenters. The van der Waals surface area contributed by atoms with Crippen molar-refractivity contribution in [2.75, 3.05) is 21.3 Å². The van der Waals surface area contributed by atoms with Gasteiger partial charge in [0, 0.05) is 10.0 Å². The van der Waals surface area contributed by atoms with Crippen molar-refractivity contribution in [1.29, 1.82) is 0 Å². The summed E-state index contributed by atoms with van der Waals surface area (Å²) in [4.78, 5) is 13.6. The van der Waals surface area contributed by atoms with Gasteiger partial charge in [0.1, 0.15) is 0 Å². The zero-order chi connectivity index (χ0) is 20.5. The van der Waals surface area contributed by atoms with Crippen LogP contribution < -0.4 is 24.3 Å². The highest BCUT2D eigenvalue weighted by atomic mass is 79.9. The Hall–Kier alpha value is -2.91. The third-order valence-corrected chi connectivity index (χ3v) is 6.04. The van der Waals surface area contributed by atoms with Crippen molar-refractivity contribution >= 4 is 38.3 Å². The van der Waals surface area contributed by atoms with Crippen LogP contribution in [0.5, 0.6) is 17.2 Å². The van der Waals surface area contributed by atoms with Gasteiger partial charge in [0.15, 0.2) is 17.3 Å². The van der Waals surface area contributed by atoms with Crippen molar-refractivity contribution in [3.05, 3.63) is 61.3 Å². The van der Waals surface area contributed by atoms with Crippen LogP contribution in [-0.4, -0.2) is 35.9 Å². The number of rotatable bonds is 5. The second kappa shape index (κ2) is 7.84. The lowest BCUT2D eigenvalue weighted by atomic mass is 10.1. The third kappa shape index (κ3) is 3.36. The minimum atomic E-state index is -0.186. The summed E-state index contributed by atoms with van der Waals surface area (Å²) in [5.41, 5.74) is 1.36. The maximum absolute atomic E-state index is 13.1. The molecule has 2 aromatic heterocycles. The van der Waals surface area contributed by atoms with E-state index in [1.165, 1.54) is 37.1 Å². The minimum Gasteiger partial charge on any atom is -0.493 e. The zero-order valence-corrected chi connectivity index (χ0v) is 18.2. The maximum Gasteiger partial charge on any atom is 0.276 e. The molecule has 0 radical (unpaired) electrons. The fourth-order valence-electron chi connectivity index (χ4n) is 2.99. The normalized spacial score (nSPS) is 11.8. The molecular weight excluding hydrogens is 458 g/mol. The fraction of sp³-hybridized carbons (Fsp3) is 0.150. The molecule has 29 heavy (non-hydrogen) atoms. The van der Waals surface area contributed by atoms with Crippen molar-refractivity contribution in [3.8, 4) is 28.6 Å². The third-order valence-electron chi connectivity index (χ3n) is 4.36. The second-order valence-electron chi connectivity index (χ2n) is 5.99. The summed E-state index contributed by atoms with van der Waals surface area (Å²) >= 11 is 4.79. The molecule has 0 spiro atoms. The van der Waals surface area contributed by atoms with Crippen LogP contribution in [-0.2, 0) is 0 Å². The average Bonchev–Trinajstić information content (AvgIpc) is 3.29. The van der Waals surface area contributed by atoms with Crippen LogP contribution in [0.15, 0.2) is 45.7 Å². The van der Waals surface area contributed by atoms with Gasteiger partial charge >= 0.3 is 0 Å². The van der Waals surface area contributed by atoms with Gasteiger partial charge in [0.25, 0.3) is 5.56 Å². The lowest BCUT2D eigenvalue weighted by Gasteiger charge is -2.13. The molecule has 4 rings (SSSR count). The SMILES string of the molecule is COc1cc(-c2nnc3sc(=Cc4ccccc4Br)c(=O)n23)cc(OC)c1OC. The first-order valence-electron chi connectivity index (χ1n) is 8.52. The van der Waals surface area contributed by atoms with E-state index in [9.17, 15) is 4.79 Å². The molecule has 0 aliphatic rings. The Morgan fingerprint density at radius 1 is 1.03 bits per heavy atom. The maximum atomic E-state index is 13.1. The summed E-state index contributed by atoms with van der Waals surface area (Å²) in [6.07, 6.45) is 1.84. The number of methoxy groups -OCH3 is 3. The number of fused-ring (bicyclic) bond motifs is 1. The van der Waals surface area contributed by atoms with E-state index in [-0.39, 0.29) is 5.56 Å². The largest absolute Gasteiger partial charge is 0.493 e. The molecule has 0 aliphatic carbocycles. The molecule has 0 bridgehead atoms. The summed E-state index contributed by atoms with van der Waals surface area (Å²) in [6.45, 7) is 0. The first-order chi connectivity index (χ1) is 14.1. The molecule has 2 aromatic carbocycles. The van der Waals surface area contributed by atoms with E-state index < -0.39 is 0 Å². The summed E-state index contributed by atoms with van der Waals surface area (Å²) < 4.78 is 19.1. The van der Waals surface area contributed by atoms with Crippen LogP contribution in [0.1, 0.15) is 5.56 Å². The molecule has 0 fully saturated rings. The van der Waals surface area contributed by atoms with Gasteiger partial charge in [0.2, 0.25) is 10.7 Å². The summed E-state index contributed by atoms with van der Waals surface area (Å²) in [5.74, 6) is 1.82. The van der Waals surface area contributed by atoms with Crippen molar-refractivity contribution in [2.45, 2.75) is 0 Å². The van der Waals surface area contributed by atoms with Gasteiger partial charge in [-0.05, 0) is 29.8 Å². The van der Waals surface area contributed by atoms with E-state index in [1.807, 2.05) is 30.3 Å². The topological polar surface area (TPSA) is 75.0 Å².